The first kappa shape index (κ1) is 13.7. The third-order valence-corrected chi connectivity index (χ3v) is 2.33. The fraction of sp³-hybridized carbons (Fsp3) is 0.400. The zero-order valence-electron chi connectivity index (χ0n) is 10.0. The van der Waals surface area contributed by atoms with Crippen LogP contribution in [0.5, 0.6) is 0 Å². The van der Waals surface area contributed by atoms with Crippen LogP contribution in [0.2, 0.25) is 0 Å². The second kappa shape index (κ2) is 5.80. The first-order valence-electron chi connectivity index (χ1n) is 5.18. The summed E-state index contributed by atoms with van der Waals surface area (Å²) in [6.07, 6.45) is 1.12. The number of esters is 1. The molecule has 0 saturated heterocycles. The van der Waals surface area contributed by atoms with Gasteiger partial charge >= 0.3 is 5.97 Å². The van der Waals surface area contributed by atoms with Gasteiger partial charge < -0.3 is 14.6 Å². The molecule has 0 spiro atoms. The molecule has 1 aromatic heterocycles. The van der Waals surface area contributed by atoms with E-state index in [4.69, 9.17) is 0 Å². The number of aromatic nitrogens is 1. The molecule has 0 aliphatic carbocycles. The van der Waals surface area contributed by atoms with E-state index in [2.05, 4.69) is 9.72 Å². The van der Waals surface area contributed by atoms with Crippen molar-refractivity contribution in [2.45, 2.75) is 6.92 Å². The second-order valence-electron chi connectivity index (χ2n) is 3.42. The van der Waals surface area contributed by atoms with Crippen LogP contribution in [-0.4, -0.2) is 46.9 Å². The Bertz CT molecular complexity index is 468. The van der Waals surface area contributed by atoms with Gasteiger partial charge in [0.25, 0.3) is 11.6 Å². The number of H-pyrrole nitrogens is 1. The third kappa shape index (κ3) is 3.06. The van der Waals surface area contributed by atoms with Gasteiger partial charge in [-0.3, -0.25) is 19.7 Å². The number of nitrogens with zero attached hydrogens (tertiary/aromatic N) is 2. The molecule has 0 unspecified atom stereocenters. The zero-order chi connectivity index (χ0) is 13.7. The minimum atomic E-state index is -0.607. The van der Waals surface area contributed by atoms with Crippen LogP contribution < -0.4 is 0 Å². The van der Waals surface area contributed by atoms with E-state index in [1.54, 1.807) is 6.92 Å². The van der Waals surface area contributed by atoms with Gasteiger partial charge in [0.1, 0.15) is 12.2 Å². The van der Waals surface area contributed by atoms with Gasteiger partial charge in [0.05, 0.1) is 18.2 Å². The number of carbonyl (C=O) groups excluding carboxylic acids is 2. The van der Waals surface area contributed by atoms with E-state index in [1.165, 1.54) is 12.0 Å². The molecule has 0 bridgehead atoms. The van der Waals surface area contributed by atoms with Crippen molar-refractivity contribution < 1.29 is 19.2 Å². The van der Waals surface area contributed by atoms with Gasteiger partial charge in [-0.2, -0.15) is 0 Å². The fourth-order valence-corrected chi connectivity index (χ4v) is 1.33. The summed E-state index contributed by atoms with van der Waals surface area (Å²) in [5, 5.41) is 10.5. The molecule has 0 saturated carbocycles. The summed E-state index contributed by atoms with van der Waals surface area (Å²) in [5.41, 5.74) is -0.139. The Morgan fingerprint density at radius 3 is 2.67 bits per heavy atom. The Balaban J connectivity index is 2.82. The average Bonchev–Trinajstić information content (AvgIpc) is 2.84. The molecule has 0 aliphatic heterocycles. The summed E-state index contributed by atoms with van der Waals surface area (Å²) in [5.74, 6) is -1.04. The molecule has 8 heteroatoms. The molecular formula is C10H13N3O5. The van der Waals surface area contributed by atoms with Gasteiger partial charge in [0.15, 0.2) is 0 Å². The highest BCUT2D eigenvalue weighted by molar-refractivity contribution is 5.95. The Labute approximate surface area is 103 Å². The van der Waals surface area contributed by atoms with Crippen molar-refractivity contribution in [1.29, 1.82) is 0 Å². The molecular weight excluding hydrogens is 242 g/mol. The van der Waals surface area contributed by atoms with E-state index in [0.29, 0.717) is 6.54 Å². The number of methoxy groups -OCH3 is 1. The number of aromatic amines is 1. The van der Waals surface area contributed by atoms with Gasteiger partial charge in [-0.25, -0.2) is 0 Å². The van der Waals surface area contributed by atoms with Crippen LogP contribution in [0.1, 0.15) is 17.4 Å². The molecule has 0 fully saturated rings. The van der Waals surface area contributed by atoms with E-state index in [1.807, 2.05) is 0 Å². The number of nitrogens with one attached hydrogen (secondary N) is 1. The van der Waals surface area contributed by atoms with Crippen LogP contribution >= 0.6 is 0 Å². The number of likely N-dealkylation sites (N-methyl/N-ethyl adjacent to an activating group) is 1. The molecule has 18 heavy (non-hydrogen) atoms. The number of hydrogen-bond donors (Lipinski definition) is 1. The lowest BCUT2D eigenvalue weighted by Gasteiger charge is -2.18. The molecule has 1 amide bonds. The van der Waals surface area contributed by atoms with Gasteiger partial charge in [0.2, 0.25) is 0 Å². The maximum Gasteiger partial charge on any atom is 0.325 e. The van der Waals surface area contributed by atoms with Crippen molar-refractivity contribution >= 4 is 17.6 Å². The highest BCUT2D eigenvalue weighted by Gasteiger charge is 2.21. The lowest BCUT2D eigenvalue weighted by Crippen LogP contribution is -2.36. The smallest absolute Gasteiger partial charge is 0.325 e. The number of nitro groups is 1. The Kier molecular flexibility index (Phi) is 4.41. The van der Waals surface area contributed by atoms with Crippen LogP contribution in [0, 0.1) is 10.1 Å². The van der Waals surface area contributed by atoms with E-state index in [9.17, 15) is 19.7 Å². The fourth-order valence-electron chi connectivity index (χ4n) is 1.33. The summed E-state index contributed by atoms with van der Waals surface area (Å²) in [6, 6.07) is 1.13. The van der Waals surface area contributed by atoms with Crippen LogP contribution in [0.25, 0.3) is 0 Å². The lowest BCUT2D eigenvalue weighted by molar-refractivity contribution is -0.384. The third-order valence-electron chi connectivity index (χ3n) is 2.33. The van der Waals surface area contributed by atoms with E-state index < -0.39 is 16.8 Å². The Morgan fingerprint density at radius 1 is 1.56 bits per heavy atom. The maximum absolute atomic E-state index is 11.9. The van der Waals surface area contributed by atoms with E-state index in [0.717, 1.165) is 12.3 Å². The van der Waals surface area contributed by atoms with Gasteiger partial charge in [-0.15, -0.1) is 0 Å². The SMILES string of the molecule is CCN(CC(=O)OC)C(=O)c1cc([N+](=O)[O-])c[nH]1. The Hall–Kier alpha value is -2.38. The van der Waals surface area contributed by atoms with Crippen LogP contribution in [0.15, 0.2) is 12.3 Å². The molecule has 1 rings (SSSR count). The molecule has 1 aromatic rings. The number of carbonyl (C=O) groups is 2. The minimum Gasteiger partial charge on any atom is -0.468 e. The standard InChI is InChI=1S/C10H13N3O5/c1-3-12(6-9(14)18-2)10(15)8-4-7(5-11-8)13(16)17/h4-5,11H,3,6H2,1-2H3. The van der Waals surface area contributed by atoms with E-state index in [-0.39, 0.29) is 17.9 Å². The molecule has 1 heterocycles. The molecule has 0 atom stereocenters. The summed E-state index contributed by atoms with van der Waals surface area (Å²) in [6.45, 7) is 1.79. The number of ether oxygens (including phenoxy) is 1. The van der Waals surface area contributed by atoms with Crippen LogP contribution in [0.4, 0.5) is 5.69 Å². The minimum absolute atomic E-state index is 0.0625. The second-order valence-corrected chi connectivity index (χ2v) is 3.42. The predicted octanol–water partition coefficient (Wildman–Crippen LogP) is 0.558. The monoisotopic (exact) mass is 255 g/mol. The first-order valence-corrected chi connectivity index (χ1v) is 5.18. The largest absolute Gasteiger partial charge is 0.468 e. The highest BCUT2D eigenvalue weighted by Crippen LogP contribution is 2.13. The summed E-state index contributed by atoms with van der Waals surface area (Å²) in [7, 11) is 1.22. The van der Waals surface area contributed by atoms with Crippen molar-refractivity contribution in [3.05, 3.63) is 28.1 Å². The summed E-state index contributed by atoms with van der Waals surface area (Å²) < 4.78 is 4.46. The quantitative estimate of drug-likeness (QED) is 0.470. The number of hydrogen-bond acceptors (Lipinski definition) is 5. The van der Waals surface area contributed by atoms with Gasteiger partial charge in [-0.05, 0) is 6.92 Å². The Morgan fingerprint density at radius 2 is 2.22 bits per heavy atom. The molecule has 0 aromatic carbocycles. The van der Waals surface area contributed by atoms with Crippen molar-refractivity contribution in [3.63, 3.8) is 0 Å². The van der Waals surface area contributed by atoms with Crippen LogP contribution in [0.3, 0.4) is 0 Å². The van der Waals surface area contributed by atoms with Gasteiger partial charge in [-0.1, -0.05) is 0 Å². The zero-order valence-corrected chi connectivity index (χ0v) is 10.0. The molecule has 98 valence electrons. The van der Waals surface area contributed by atoms with Gasteiger partial charge in [0, 0.05) is 12.6 Å². The molecule has 8 nitrogen and oxygen atoms in total. The number of amides is 1. The van der Waals surface area contributed by atoms with Crippen LogP contribution in [-0.2, 0) is 9.53 Å². The molecule has 0 aliphatic rings. The van der Waals surface area contributed by atoms with E-state index >= 15 is 0 Å². The highest BCUT2D eigenvalue weighted by atomic mass is 16.6. The summed E-state index contributed by atoms with van der Waals surface area (Å²) >= 11 is 0. The van der Waals surface area contributed by atoms with Crippen molar-refractivity contribution in [1.82, 2.24) is 9.88 Å². The lowest BCUT2D eigenvalue weighted by atomic mass is 10.3. The first-order chi connectivity index (χ1) is 8.49. The maximum atomic E-state index is 11.9. The average molecular weight is 255 g/mol. The summed E-state index contributed by atoms with van der Waals surface area (Å²) in [4.78, 5) is 36.6. The topological polar surface area (TPSA) is 106 Å². The van der Waals surface area contributed by atoms with Crippen molar-refractivity contribution in [2.75, 3.05) is 20.2 Å². The molecule has 0 radical (unpaired) electrons. The number of rotatable bonds is 5. The predicted molar refractivity (Wildman–Crippen MR) is 61.0 cm³/mol. The molecule has 1 N–H and O–H groups in total. The van der Waals surface area contributed by atoms with Crippen molar-refractivity contribution in [3.8, 4) is 0 Å². The normalized spacial score (nSPS) is 9.89. The van der Waals surface area contributed by atoms with Crippen molar-refractivity contribution in [2.24, 2.45) is 0 Å².